The van der Waals surface area contributed by atoms with E-state index in [0.717, 1.165) is 37.7 Å². The number of nitrogens with one attached hydrogen (secondary N) is 1. The lowest BCUT2D eigenvalue weighted by molar-refractivity contribution is -0.116. The second kappa shape index (κ2) is 8.26. The van der Waals surface area contributed by atoms with Gasteiger partial charge in [-0.25, -0.2) is 4.98 Å². The predicted molar refractivity (Wildman–Crippen MR) is 102 cm³/mol. The Morgan fingerprint density at radius 2 is 1.85 bits per heavy atom. The van der Waals surface area contributed by atoms with E-state index >= 15 is 0 Å². The molecule has 0 unspecified atom stereocenters. The van der Waals surface area contributed by atoms with Crippen LogP contribution in [0.1, 0.15) is 12.0 Å². The van der Waals surface area contributed by atoms with Crippen LogP contribution in [0, 0.1) is 0 Å². The number of fused-ring (bicyclic) bond motifs is 1. The molecule has 2 aromatic rings. The summed E-state index contributed by atoms with van der Waals surface area (Å²) in [5, 5.41) is 2.92. The van der Waals surface area contributed by atoms with Crippen molar-refractivity contribution in [3.05, 3.63) is 42.1 Å². The van der Waals surface area contributed by atoms with E-state index in [-0.39, 0.29) is 5.91 Å². The first kappa shape index (κ1) is 17.6. The van der Waals surface area contributed by atoms with Gasteiger partial charge in [0, 0.05) is 37.5 Å². The predicted octanol–water partition coefficient (Wildman–Crippen LogP) is 2.26. The molecular formula is C20H23N3O4. The number of amides is 1. The fourth-order valence-electron chi connectivity index (χ4n) is 3.18. The third-order valence-corrected chi connectivity index (χ3v) is 4.61. The van der Waals surface area contributed by atoms with E-state index in [1.807, 2.05) is 18.2 Å². The number of hydrogen-bond donors (Lipinski definition) is 1. The standard InChI is InChI=1S/C20H23N3O4/c24-20(22-16-2-3-17-18(14-16)27-12-11-26-17)4-1-15-5-6-21-19(13-15)23-7-9-25-10-8-23/h2-3,5-6,13-14H,1,4,7-12H2,(H,22,24). The molecule has 1 fully saturated rings. The zero-order valence-corrected chi connectivity index (χ0v) is 15.1. The lowest BCUT2D eigenvalue weighted by atomic mass is 10.1. The van der Waals surface area contributed by atoms with Gasteiger partial charge in [0.05, 0.1) is 13.2 Å². The van der Waals surface area contributed by atoms with Gasteiger partial charge < -0.3 is 24.4 Å². The molecule has 1 N–H and O–H groups in total. The molecule has 1 saturated heterocycles. The number of hydrogen-bond acceptors (Lipinski definition) is 6. The molecule has 7 heteroatoms. The van der Waals surface area contributed by atoms with Crippen molar-refractivity contribution in [2.45, 2.75) is 12.8 Å². The van der Waals surface area contributed by atoms with Crippen molar-refractivity contribution in [2.75, 3.05) is 49.7 Å². The summed E-state index contributed by atoms with van der Waals surface area (Å²) in [5.74, 6) is 2.30. The van der Waals surface area contributed by atoms with Crippen molar-refractivity contribution >= 4 is 17.4 Å². The minimum atomic E-state index is -0.0311. The summed E-state index contributed by atoms with van der Waals surface area (Å²) in [6.45, 7) is 4.23. The summed E-state index contributed by atoms with van der Waals surface area (Å²) in [6.07, 6.45) is 2.87. The molecule has 0 radical (unpaired) electrons. The molecule has 0 saturated carbocycles. The Morgan fingerprint density at radius 1 is 1.04 bits per heavy atom. The van der Waals surface area contributed by atoms with Gasteiger partial charge in [-0.05, 0) is 36.2 Å². The normalized spacial score (nSPS) is 16.1. The van der Waals surface area contributed by atoms with Crippen LogP contribution in [-0.4, -0.2) is 50.4 Å². The number of nitrogens with zero attached hydrogens (tertiary/aromatic N) is 2. The molecule has 2 aliphatic heterocycles. The fraction of sp³-hybridized carbons (Fsp3) is 0.400. The van der Waals surface area contributed by atoms with Crippen molar-refractivity contribution < 1.29 is 19.0 Å². The Morgan fingerprint density at radius 3 is 2.70 bits per heavy atom. The van der Waals surface area contributed by atoms with E-state index in [1.54, 1.807) is 12.3 Å². The van der Waals surface area contributed by atoms with Crippen LogP contribution in [0.25, 0.3) is 0 Å². The maximum atomic E-state index is 12.3. The van der Waals surface area contributed by atoms with Crippen LogP contribution in [0.2, 0.25) is 0 Å². The van der Waals surface area contributed by atoms with Gasteiger partial charge >= 0.3 is 0 Å². The maximum Gasteiger partial charge on any atom is 0.224 e. The van der Waals surface area contributed by atoms with Gasteiger partial charge in [0.2, 0.25) is 5.91 Å². The van der Waals surface area contributed by atoms with E-state index in [1.165, 1.54) is 0 Å². The number of ether oxygens (including phenoxy) is 3. The van der Waals surface area contributed by atoms with Gasteiger partial charge in [-0.3, -0.25) is 4.79 Å². The number of benzene rings is 1. The molecule has 1 amide bonds. The summed E-state index contributed by atoms with van der Waals surface area (Å²) >= 11 is 0. The van der Waals surface area contributed by atoms with Crippen LogP contribution in [-0.2, 0) is 16.0 Å². The summed E-state index contributed by atoms with van der Waals surface area (Å²) in [4.78, 5) is 19.0. The van der Waals surface area contributed by atoms with Gasteiger partial charge in [-0.2, -0.15) is 0 Å². The van der Waals surface area contributed by atoms with E-state index in [2.05, 4.69) is 21.3 Å². The molecule has 3 heterocycles. The van der Waals surface area contributed by atoms with Crippen molar-refractivity contribution in [1.29, 1.82) is 0 Å². The summed E-state index contributed by atoms with van der Waals surface area (Å²) in [7, 11) is 0. The number of pyridine rings is 1. The number of carbonyl (C=O) groups excluding carboxylic acids is 1. The molecule has 4 rings (SSSR count). The van der Waals surface area contributed by atoms with Gasteiger partial charge in [0.1, 0.15) is 19.0 Å². The number of morpholine rings is 1. The Balaban J connectivity index is 1.32. The highest BCUT2D eigenvalue weighted by molar-refractivity contribution is 5.91. The average molecular weight is 369 g/mol. The molecule has 0 aliphatic carbocycles. The molecule has 2 aliphatic rings. The average Bonchev–Trinajstić information content (AvgIpc) is 2.73. The van der Waals surface area contributed by atoms with Crippen molar-refractivity contribution in [1.82, 2.24) is 4.98 Å². The van der Waals surface area contributed by atoms with Gasteiger partial charge in [0.25, 0.3) is 0 Å². The monoisotopic (exact) mass is 369 g/mol. The Labute approximate surface area is 158 Å². The second-order valence-electron chi connectivity index (χ2n) is 6.53. The highest BCUT2D eigenvalue weighted by Crippen LogP contribution is 2.32. The Hall–Kier alpha value is -2.80. The summed E-state index contributed by atoms with van der Waals surface area (Å²) in [6, 6.07) is 9.47. The second-order valence-corrected chi connectivity index (χ2v) is 6.53. The topological polar surface area (TPSA) is 72.9 Å². The highest BCUT2D eigenvalue weighted by Gasteiger charge is 2.14. The number of carbonyl (C=O) groups is 1. The smallest absolute Gasteiger partial charge is 0.224 e. The molecular weight excluding hydrogens is 346 g/mol. The maximum absolute atomic E-state index is 12.3. The van der Waals surface area contributed by atoms with Crippen LogP contribution in [0.3, 0.4) is 0 Å². The van der Waals surface area contributed by atoms with Gasteiger partial charge in [-0.1, -0.05) is 0 Å². The molecule has 1 aromatic heterocycles. The summed E-state index contributed by atoms with van der Waals surface area (Å²) in [5.41, 5.74) is 1.82. The van der Waals surface area contributed by atoms with Crippen LogP contribution < -0.4 is 19.7 Å². The molecule has 0 atom stereocenters. The van der Waals surface area contributed by atoms with E-state index in [0.29, 0.717) is 43.2 Å². The molecule has 7 nitrogen and oxygen atoms in total. The van der Waals surface area contributed by atoms with Crippen LogP contribution in [0.4, 0.5) is 11.5 Å². The van der Waals surface area contributed by atoms with Crippen LogP contribution in [0.5, 0.6) is 11.5 Å². The Bertz CT molecular complexity index is 806. The van der Waals surface area contributed by atoms with E-state index < -0.39 is 0 Å². The zero-order valence-electron chi connectivity index (χ0n) is 15.1. The van der Waals surface area contributed by atoms with E-state index in [4.69, 9.17) is 14.2 Å². The molecule has 1 aromatic carbocycles. The minimum Gasteiger partial charge on any atom is -0.486 e. The molecule has 0 bridgehead atoms. The highest BCUT2D eigenvalue weighted by atomic mass is 16.6. The van der Waals surface area contributed by atoms with Crippen LogP contribution >= 0.6 is 0 Å². The lowest BCUT2D eigenvalue weighted by Crippen LogP contribution is -2.36. The summed E-state index contributed by atoms with van der Waals surface area (Å²) < 4.78 is 16.4. The molecule has 27 heavy (non-hydrogen) atoms. The first-order chi connectivity index (χ1) is 13.3. The van der Waals surface area contributed by atoms with Gasteiger partial charge in [0.15, 0.2) is 11.5 Å². The largest absolute Gasteiger partial charge is 0.486 e. The third-order valence-electron chi connectivity index (χ3n) is 4.61. The third kappa shape index (κ3) is 4.49. The number of rotatable bonds is 5. The first-order valence-electron chi connectivity index (χ1n) is 9.25. The SMILES string of the molecule is O=C(CCc1ccnc(N2CCOCC2)c1)Nc1ccc2c(c1)OCCO2. The quantitative estimate of drug-likeness (QED) is 0.872. The van der Waals surface area contributed by atoms with Crippen molar-refractivity contribution in [3.8, 4) is 11.5 Å². The van der Waals surface area contributed by atoms with Crippen molar-refractivity contribution in [3.63, 3.8) is 0 Å². The molecule has 0 spiro atoms. The zero-order chi connectivity index (χ0) is 18.5. The number of anilines is 2. The Kier molecular flexibility index (Phi) is 5.39. The molecule has 142 valence electrons. The number of aryl methyl sites for hydroxylation is 1. The number of aromatic nitrogens is 1. The fourth-order valence-corrected chi connectivity index (χ4v) is 3.18. The van der Waals surface area contributed by atoms with Crippen molar-refractivity contribution in [2.24, 2.45) is 0 Å². The first-order valence-corrected chi connectivity index (χ1v) is 9.25. The van der Waals surface area contributed by atoms with Crippen LogP contribution in [0.15, 0.2) is 36.5 Å². The lowest BCUT2D eigenvalue weighted by Gasteiger charge is -2.28. The minimum absolute atomic E-state index is 0.0311. The van der Waals surface area contributed by atoms with Gasteiger partial charge in [-0.15, -0.1) is 0 Å². The van der Waals surface area contributed by atoms with E-state index in [9.17, 15) is 4.79 Å².